The van der Waals surface area contributed by atoms with E-state index in [-0.39, 0.29) is 11.9 Å². The molecular formula is C15H14BrFN2S. The molecular weight excluding hydrogens is 339 g/mol. The van der Waals surface area contributed by atoms with E-state index in [4.69, 9.17) is 12.2 Å². The Morgan fingerprint density at radius 3 is 2.30 bits per heavy atom. The molecule has 0 fully saturated rings. The first-order valence-electron chi connectivity index (χ1n) is 6.13. The van der Waals surface area contributed by atoms with Gasteiger partial charge in [0.2, 0.25) is 0 Å². The van der Waals surface area contributed by atoms with Gasteiger partial charge in [-0.25, -0.2) is 4.39 Å². The number of nitrogens with one attached hydrogen (secondary N) is 2. The van der Waals surface area contributed by atoms with Gasteiger partial charge in [0.15, 0.2) is 5.11 Å². The molecule has 2 rings (SSSR count). The predicted molar refractivity (Wildman–Crippen MR) is 88.3 cm³/mol. The number of halogens is 2. The van der Waals surface area contributed by atoms with Crippen LogP contribution < -0.4 is 10.6 Å². The fourth-order valence-corrected chi connectivity index (χ4v) is 2.29. The van der Waals surface area contributed by atoms with Crippen LogP contribution >= 0.6 is 28.1 Å². The molecule has 5 heteroatoms. The normalized spacial score (nSPS) is 11.8. The first kappa shape index (κ1) is 14.9. The Morgan fingerprint density at radius 2 is 1.70 bits per heavy atom. The minimum Gasteiger partial charge on any atom is -0.356 e. The van der Waals surface area contributed by atoms with Gasteiger partial charge < -0.3 is 10.6 Å². The molecule has 0 aromatic heterocycles. The summed E-state index contributed by atoms with van der Waals surface area (Å²) < 4.78 is 13.9. The quantitative estimate of drug-likeness (QED) is 0.787. The molecule has 0 saturated carbocycles. The standard InChI is InChI=1S/C15H14BrFN2S/c1-10(11-2-4-12(16)5-3-11)18-15(20)19-14-8-6-13(17)7-9-14/h2-10H,1H3,(H2,18,19,20)/t10-/m1/s1. The van der Waals surface area contributed by atoms with E-state index in [2.05, 4.69) is 26.6 Å². The molecule has 2 N–H and O–H groups in total. The number of hydrogen-bond donors (Lipinski definition) is 2. The number of thiocarbonyl (C=S) groups is 1. The number of hydrogen-bond acceptors (Lipinski definition) is 1. The second-order valence-corrected chi connectivity index (χ2v) is 5.70. The summed E-state index contributed by atoms with van der Waals surface area (Å²) in [7, 11) is 0. The lowest BCUT2D eigenvalue weighted by Gasteiger charge is -2.17. The monoisotopic (exact) mass is 352 g/mol. The van der Waals surface area contributed by atoms with Crippen LogP contribution in [0.2, 0.25) is 0 Å². The molecule has 0 radical (unpaired) electrons. The Hall–Kier alpha value is -1.46. The molecule has 1 atom stereocenters. The van der Waals surface area contributed by atoms with Crippen LogP contribution in [0.15, 0.2) is 53.0 Å². The van der Waals surface area contributed by atoms with Crippen LogP contribution in [-0.4, -0.2) is 5.11 Å². The van der Waals surface area contributed by atoms with Crippen molar-refractivity contribution in [1.82, 2.24) is 5.32 Å². The lowest BCUT2D eigenvalue weighted by Crippen LogP contribution is -2.30. The molecule has 0 aliphatic heterocycles. The molecule has 2 nitrogen and oxygen atoms in total. The third kappa shape index (κ3) is 4.28. The van der Waals surface area contributed by atoms with E-state index in [1.54, 1.807) is 12.1 Å². The van der Waals surface area contributed by atoms with Crippen LogP contribution in [0, 0.1) is 5.82 Å². The molecule has 0 unspecified atom stereocenters. The average Bonchev–Trinajstić information content (AvgIpc) is 2.42. The Kier molecular flexibility index (Phi) is 5.09. The lowest BCUT2D eigenvalue weighted by molar-refractivity contribution is 0.628. The van der Waals surface area contributed by atoms with Gasteiger partial charge in [-0.05, 0) is 61.1 Å². The Labute approximate surface area is 131 Å². The third-order valence-corrected chi connectivity index (χ3v) is 3.57. The van der Waals surface area contributed by atoms with Crippen molar-refractivity contribution in [1.29, 1.82) is 0 Å². The van der Waals surface area contributed by atoms with E-state index in [1.807, 2.05) is 31.2 Å². The van der Waals surface area contributed by atoms with Crippen molar-refractivity contribution in [3.05, 3.63) is 64.4 Å². The topological polar surface area (TPSA) is 24.1 Å². The highest BCUT2D eigenvalue weighted by atomic mass is 79.9. The summed E-state index contributed by atoms with van der Waals surface area (Å²) in [4.78, 5) is 0. The third-order valence-electron chi connectivity index (χ3n) is 2.82. The first-order valence-corrected chi connectivity index (χ1v) is 7.33. The van der Waals surface area contributed by atoms with E-state index in [9.17, 15) is 4.39 Å². The van der Waals surface area contributed by atoms with Crippen molar-refractivity contribution < 1.29 is 4.39 Å². The molecule has 0 aliphatic rings. The molecule has 20 heavy (non-hydrogen) atoms. The van der Waals surface area contributed by atoms with Gasteiger partial charge in [0, 0.05) is 10.2 Å². The number of rotatable bonds is 3. The first-order chi connectivity index (χ1) is 9.54. The summed E-state index contributed by atoms with van der Waals surface area (Å²) >= 11 is 8.65. The second kappa shape index (κ2) is 6.81. The summed E-state index contributed by atoms with van der Waals surface area (Å²) in [6, 6.07) is 14.2. The minimum atomic E-state index is -0.266. The summed E-state index contributed by atoms with van der Waals surface area (Å²) in [5, 5.41) is 6.72. The van der Waals surface area contributed by atoms with Crippen LogP contribution in [-0.2, 0) is 0 Å². The van der Waals surface area contributed by atoms with Crippen molar-refractivity contribution in [2.45, 2.75) is 13.0 Å². The number of benzene rings is 2. The fourth-order valence-electron chi connectivity index (χ4n) is 1.73. The summed E-state index contributed by atoms with van der Waals surface area (Å²) in [6.07, 6.45) is 0. The number of anilines is 1. The van der Waals surface area contributed by atoms with Crippen LogP contribution in [0.3, 0.4) is 0 Å². The molecule has 104 valence electrons. The second-order valence-electron chi connectivity index (χ2n) is 4.38. The van der Waals surface area contributed by atoms with E-state index < -0.39 is 0 Å². The zero-order chi connectivity index (χ0) is 14.5. The Morgan fingerprint density at radius 1 is 1.10 bits per heavy atom. The van der Waals surface area contributed by atoms with Crippen molar-refractivity contribution in [2.75, 3.05) is 5.32 Å². The summed E-state index contributed by atoms with van der Waals surface area (Å²) in [5.74, 6) is -0.266. The molecule has 0 heterocycles. The van der Waals surface area contributed by atoms with Crippen molar-refractivity contribution in [3.63, 3.8) is 0 Å². The minimum absolute atomic E-state index is 0.0866. The van der Waals surface area contributed by atoms with Gasteiger partial charge >= 0.3 is 0 Å². The largest absolute Gasteiger partial charge is 0.356 e. The van der Waals surface area contributed by atoms with Crippen LogP contribution in [0.5, 0.6) is 0 Å². The highest BCUT2D eigenvalue weighted by molar-refractivity contribution is 9.10. The summed E-state index contributed by atoms with van der Waals surface area (Å²) in [5.41, 5.74) is 1.89. The zero-order valence-corrected chi connectivity index (χ0v) is 13.3. The van der Waals surface area contributed by atoms with Crippen molar-refractivity contribution in [2.24, 2.45) is 0 Å². The molecule has 2 aromatic rings. The van der Waals surface area contributed by atoms with Gasteiger partial charge in [-0.1, -0.05) is 28.1 Å². The van der Waals surface area contributed by atoms with E-state index >= 15 is 0 Å². The predicted octanol–water partition coefficient (Wildman–Crippen LogP) is 4.64. The molecule has 0 bridgehead atoms. The molecule has 2 aromatic carbocycles. The summed E-state index contributed by atoms with van der Waals surface area (Å²) in [6.45, 7) is 2.03. The van der Waals surface area contributed by atoms with Crippen molar-refractivity contribution in [3.8, 4) is 0 Å². The van der Waals surface area contributed by atoms with Crippen LogP contribution in [0.1, 0.15) is 18.5 Å². The van der Waals surface area contributed by atoms with Gasteiger partial charge in [0.1, 0.15) is 5.82 Å². The SMILES string of the molecule is C[C@@H](NC(=S)Nc1ccc(F)cc1)c1ccc(Br)cc1. The van der Waals surface area contributed by atoms with Crippen LogP contribution in [0.4, 0.5) is 10.1 Å². The lowest BCUT2D eigenvalue weighted by atomic mass is 10.1. The fraction of sp³-hybridized carbons (Fsp3) is 0.133. The molecule has 0 amide bonds. The maximum absolute atomic E-state index is 12.8. The zero-order valence-electron chi connectivity index (χ0n) is 10.9. The highest BCUT2D eigenvalue weighted by Gasteiger charge is 2.07. The Bertz CT molecular complexity index is 584. The van der Waals surface area contributed by atoms with Gasteiger partial charge in [0.05, 0.1) is 6.04 Å². The van der Waals surface area contributed by atoms with E-state index in [0.29, 0.717) is 5.11 Å². The maximum atomic E-state index is 12.8. The smallest absolute Gasteiger partial charge is 0.171 e. The van der Waals surface area contributed by atoms with Crippen molar-refractivity contribution >= 4 is 38.9 Å². The van der Waals surface area contributed by atoms with Crippen LogP contribution in [0.25, 0.3) is 0 Å². The van der Waals surface area contributed by atoms with E-state index in [0.717, 1.165) is 15.7 Å². The van der Waals surface area contributed by atoms with E-state index in [1.165, 1.54) is 12.1 Å². The van der Waals surface area contributed by atoms with Gasteiger partial charge in [-0.2, -0.15) is 0 Å². The maximum Gasteiger partial charge on any atom is 0.171 e. The molecule has 0 saturated heterocycles. The van der Waals surface area contributed by atoms with Gasteiger partial charge in [0.25, 0.3) is 0 Å². The van der Waals surface area contributed by atoms with Gasteiger partial charge in [-0.3, -0.25) is 0 Å². The Balaban J connectivity index is 1.93. The average molecular weight is 353 g/mol. The highest BCUT2D eigenvalue weighted by Crippen LogP contribution is 2.17. The van der Waals surface area contributed by atoms with Gasteiger partial charge in [-0.15, -0.1) is 0 Å². The molecule has 0 spiro atoms. The molecule has 0 aliphatic carbocycles.